The molecule has 1 spiro atoms. The number of aliphatic hydroxyl groups is 1. The molecule has 3 atom stereocenters. The quantitative estimate of drug-likeness (QED) is 0.356. The first-order chi connectivity index (χ1) is 21.4. The summed E-state index contributed by atoms with van der Waals surface area (Å²) in [5.41, 5.74) is 2.72. The van der Waals surface area contributed by atoms with Gasteiger partial charge in [0.1, 0.15) is 11.6 Å². The summed E-state index contributed by atoms with van der Waals surface area (Å²) in [7, 11) is -3.64. The van der Waals surface area contributed by atoms with E-state index in [9.17, 15) is 23.1 Å². The van der Waals surface area contributed by atoms with Crippen LogP contribution in [-0.4, -0.2) is 113 Å². The summed E-state index contributed by atoms with van der Waals surface area (Å²) in [6.07, 6.45) is 1.56. The van der Waals surface area contributed by atoms with Crippen LogP contribution in [0, 0.1) is 19.8 Å². The SMILES string of the molecule is CCCCN1C(=O)[C@@H]([C@H](O)C(C)C)NC(=O)C12CCN(C(c1ccc(S(=O)(=O)N3CCOCC3)cc1)c1c(C)n[nH]c1C)CC2. The molecule has 0 bridgehead atoms. The van der Waals surface area contributed by atoms with E-state index in [1.807, 2.05) is 39.8 Å². The third-order valence-corrected chi connectivity index (χ3v) is 11.7. The van der Waals surface area contributed by atoms with Crippen molar-refractivity contribution in [1.82, 2.24) is 29.6 Å². The summed E-state index contributed by atoms with van der Waals surface area (Å²) in [5.74, 6) is -0.596. The predicted octanol–water partition coefficient (Wildman–Crippen LogP) is 2.12. The molecule has 4 heterocycles. The molecule has 1 aromatic carbocycles. The Morgan fingerprint density at radius 1 is 1.07 bits per heavy atom. The van der Waals surface area contributed by atoms with Crippen LogP contribution in [0.3, 0.4) is 0 Å². The number of aliphatic hydroxyl groups excluding tert-OH is 1. The molecule has 1 unspecified atom stereocenters. The van der Waals surface area contributed by atoms with Crippen molar-refractivity contribution < 1.29 is 27.9 Å². The first-order valence-corrected chi connectivity index (χ1v) is 17.6. The maximum atomic E-state index is 13.9. The lowest BCUT2D eigenvalue weighted by molar-refractivity contribution is -0.165. The molecular weight excluding hydrogens is 596 g/mol. The Morgan fingerprint density at radius 2 is 1.71 bits per heavy atom. The van der Waals surface area contributed by atoms with E-state index in [-0.39, 0.29) is 28.7 Å². The number of piperazine rings is 1. The van der Waals surface area contributed by atoms with Gasteiger partial charge in [-0.15, -0.1) is 0 Å². The van der Waals surface area contributed by atoms with Gasteiger partial charge in [0, 0.05) is 44.0 Å². The molecule has 3 N–H and O–H groups in total. The number of carbonyl (C=O) groups is 2. The summed E-state index contributed by atoms with van der Waals surface area (Å²) in [4.78, 5) is 31.9. The maximum absolute atomic E-state index is 13.9. The number of H-pyrrole nitrogens is 1. The monoisotopic (exact) mass is 644 g/mol. The number of aromatic nitrogens is 2. The predicted molar refractivity (Wildman–Crippen MR) is 169 cm³/mol. The first-order valence-electron chi connectivity index (χ1n) is 16.2. The minimum Gasteiger partial charge on any atom is -0.390 e. The van der Waals surface area contributed by atoms with Crippen molar-refractivity contribution in [2.45, 2.75) is 88.9 Å². The number of aromatic amines is 1. The molecule has 248 valence electrons. The van der Waals surface area contributed by atoms with Crippen LogP contribution in [0.2, 0.25) is 0 Å². The molecule has 45 heavy (non-hydrogen) atoms. The molecule has 0 radical (unpaired) electrons. The average Bonchev–Trinajstić information content (AvgIpc) is 3.37. The van der Waals surface area contributed by atoms with Crippen LogP contribution in [0.4, 0.5) is 0 Å². The minimum absolute atomic E-state index is 0.180. The lowest BCUT2D eigenvalue weighted by atomic mass is 9.79. The second-order valence-electron chi connectivity index (χ2n) is 12.9. The van der Waals surface area contributed by atoms with E-state index in [1.165, 1.54) is 4.31 Å². The van der Waals surface area contributed by atoms with Gasteiger partial charge in [-0.3, -0.25) is 19.6 Å². The molecule has 13 heteroatoms. The summed E-state index contributed by atoms with van der Waals surface area (Å²) < 4.78 is 33.4. The summed E-state index contributed by atoms with van der Waals surface area (Å²) >= 11 is 0. The molecule has 0 saturated carbocycles. The molecule has 2 amide bonds. The number of morpholine rings is 1. The van der Waals surface area contributed by atoms with Crippen LogP contribution < -0.4 is 5.32 Å². The van der Waals surface area contributed by atoms with Crippen LogP contribution >= 0.6 is 0 Å². The normalized spacial score (nSPS) is 23.0. The van der Waals surface area contributed by atoms with E-state index < -0.39 is 27.7 Å². The van der Waals surface area contributed by atoms with Crippen molar-refractivity contribution in [2.75, 3.05) is 45.9 Å². The minimum atomic E-state index is -3.64. The van der Waals surface area contributed by atoms with Crippen molar-refractivity contribution in [3.05, 3.63) is 46.8 Å². The van der Waals surface area contributed by atoms with Crippen LogP contribution in [0.15, 0.2) is 29.2 Å². The van der Waals surface area contributed by atoms with Crippen LogP contribution in [0.1, 0.15) is 75.0 Å². The zero-order valence-corrected chi connectivity index (χ0v) is 27.9. The zero-order chi connectivity index (χ0) is 32.5. The third-order valence-electron chi connectivity index (χ3n) is 9.77. The Hall–Kier alpha value is -2.84. The molecule has 1 aromatic heterocycles. The second-order valence-corrected chi connectivity index (χ2v) is 14.9. The van der Waals surface area contributed by atoms with Gasteiger partial charge < -0.3 is 20.1 Å². The van der Waals surface area contributed by atoms with Gasteiger partial charge in [-0.1, -0.05) is 39.3 Å². The van der Waals surface area contributed by atoms with Gasteiger partial charge in [0.15, 0.2) is 0 Å². The second kappa shape index (κ2) is 13.5. The Labute approximate surface area is 266 Å². The number of nitrogens with one attached hydrogen (secondary N) is 2. The maximum Gasteiger partial charge on any atom is 0.248 e. The van der Waals surface area contributed by atoms with E-state index in [4.69, 9.17) is 4.74 Å². The molecule has 12 nitrogen and oxygen atoms in total. The molecule has 2 aromatic rings. The van der Waals surface area contributed by atoms with E-state index >= 15 is 0 Å². The molecule has 3 aliphatic heterocycles. The van der Waals surface area contributed by atoms with Crippen molar-refractivity contribution in [1.29, 1.82) is 0 Å². The fourth-order valence-electron chi connectivity index (χ4n) is 7.03. The van der Waals surface area contributed by atoms with Crippen LogP contribution in [-0.2, 0) is 24.3 Å². The molecule has 5 rings (SSSR count). The van der Waals surface area contributed by atoms with Gasteiger partial charge in [0.05, 0.1) is 35.9 Å². The highest BCUT2D eigenvalue weighted by molar-refractivity contribution is 7.89. The molecule has 3 saturated heterocycles. The van der Waals surface area contributed by atoms with E-state index in [1.54, 1.807) is 17.0 Å². The van der Waals surface area contributed by atoms with Crippen LogP contribution in [0.5, 0.6) is 0 Å². The highest BCUT2D eigenvalue weighted by atomic mass is 32.2. The molecule has 3 fully saturated rings. The largest absolute Gasteiger partial charge is 0.390 e. The fourth-order valence-corrected chi connectivity index (χ4v) is 8.43. The summed E-state index contributed by atoms with van der Waals surface area (Å²) in [6.45, 7) is 12.6. The van der Waals surface area contributed by atoms with Crippen LogP contribution in [0.25, 0.3) is 0 Å². The van der Waals surface area contributed by atoms with Crippen molar-refractivity contribution >= 4 is 21.8 Å². The van der Waals surface area contributed by atoms with E-state index in [2.05, 4.69) is 27.3 Å². The fraction of sp³-hybridized carbons (Fsp3) is 0.656. The van der Waals surface area contributed by atoms with E-state index in [0.717, 1.165) is 35.4 Å². The van der Waals surface area contributed by atoms with Gasteiger partial charge in [-0.25, -0.2) is 8.42 Å². The number of ether oxygens (including phenoxy) is 1. The number of rotatable bonds is 10. The third kappa shape index (κ3) is 6.29. The standard InChI is InChI=1S/C32H48N6O6S/c1-6-7-14-38-30(40)27(29(39)21(2)3)33-31(41)32(38)12-15-36(16-13-32)28(26-22(4)34-35-23(26)5)24-8-10-25(11-9-24)45(42,43)37-17-19-44-20-18-37/h8-11,21,27-29,39H,6-7,12-20H2,1-5H3,(H,33,41)(H,34,35)/t27-,28?,29-/m1/s1. The Bertz CT molecular complexity index is 1440. The number of hydrogen-bond donors (Lipinski definition) is 3. The topological polar surface area (TPSA) is 148 Å². The number of hydrogen-bond acceptors (Lipinski definition) is 8. The first kappa shape index (κ1) is 33.5. The molecule has 0 aliphatic carbocycles. The lowest BCUT2D eigenvalue weighted by Gasteiger charge is -2.53. The number of unbranched alkanes of at least 4 members (excludes halogenated alkanes) is 1. The Balaban J connectivity index is 1.43. The highest BCUT2D eigenvalue weighted by Gasteiger charge is 2.55. The number of amides is 2. The summed E-state index contributed by atoms with van der Waals surface area (Å²) in [6, 6.07) is 5.90. The lowest BCUT2D eigenvalue weighted by Crippen LogP contribution is -2.75. The number of piperidine rings is 1. The highest BCUT2D eigenvalue weighted by Crippen LogP contribution is 2.40. The summed E-state index contributed by atoms with van der Waals surface area (Å²) in [5, 5.41) is 21.2. The number of likely N-dealkylation sites (tertiary alicyclic amines) is 1. The van der Waals surface area contributed by atoms with Gasteiger partial charge in [0.2, 0.25) is 21.8 Å². The number of carbonyl (C=O) groups excluding carboxylic acids is 2. The van der Waals surface area contributed by atoms with E-state index in [0.29, 0.717) is 58.8 Å². The van der Waals surface area contributed by atoms with Crippen molar-refractivity contribution in [3.8, 4) is 0 Å². The number of nitrogens with zero attached hydrogens (tertiary/aromatic N) is 4. The average molecular weight is 645 g/mol. The number of aryl methyl sites for hydroxylation is 2. The molecular formula is C32H48N6O6S. The van der Waals surface area contributed by atoms with Crippen molar-refractivity contribution in [3.63, 3.8) is 0 Å². The van der Waals surface area contributed by atoms with Gasteiger partial charge >= 0.3 is 0 Å². The van der Waals surface area contributed by atoms with Gasteiger partial charge in [-0.2, -0.15) is 9.40 Å². The van der Waals surface area contributed by atoms with Gasteiger partial charge in [-0.05, 0) is 56.7 Å². The molecule has 3 aliphatic rings. The smallest absolute Gasteiger partial charge is 0.248 e. The Kier molecular flexibility index (Phi) is 10.0. The Morgan fingerprint density at radius 3 is 2.27 bits per heavy atom. The number of sulfonamides is 1. The number of benzene rings is 1. The van der Waals surface area contributed by atoms with Crippen molar-refractivity contribution in [2.24, 2.45) is 5.92 Å². The zero-order valence-electron chi connectivity index (χ0n) is 27.1. The van der Waals surface area contributed by atoms with Gasteiger partial charge in [0.25, 0.3) is 0 Å².